The van der Waals surface area contributed by atoms with E-state index < -0.39 is 15.0 Å². The number of nitrogens with zero attached hydrogens (tertiary/aromatic N) is 3. The number of hydrogen-bond donors (Lipinski definition) is 0. The summed E-state index contributed by atoms with van der Waals surface area (Å²) < 4.78 is 28.6. The van der Waals surface area contributed by atoms with Crippen LogP contribution in [-0.4, -0.2) is 34.9 Å². The SMILES string of the molecule is Cn1c([N+](=O)[O-])cnc1C=C1CCc2cc(OS(C)(=O)=O)ccc2C1=O. The maximum absolute atomic E-state index is 12.7. The number of carbonyl (C=O) groups excluding carboxylic acids is 1. The highest BCUT2D eigenvalue weighted by Gasteiger charge is 2.24. The monoisotopic (exact) mass is 377 g/mol. The molecule has 26 heavy (non-hydrogen) atoms. The van der Waals surface area contributed by atoms with Gasteiger partial charge in [-0.1, -0.05) is 0 Å². The zero-order chi connectivity index (χ0) is 19.1. The number of allylic oxidation sites excluding steroid dienone is 1. The fraction of sp³-hybridized carbons (Fsp3) is 0.250. The van der Waals surface area contributed by atoms with E-state index >= 15 is 0 Å². The molecule has 0 spiro atoms. The molecule has 1 aromatic heterocycles. The van der Waals surface area contributed by atoms with Crippen LogP contribution < -0.4 is 4.18 Å². The lowest BCUT2D eigenvalue weighted by Gasteiger charge is -2.18. The number of Topliss-reactive ketones (excluding diaryl/α,β-unsaturated/α-hetero) is 1. The number of aromatic nitrogens is 2. The minimum atomic E-state index is -3.64. The van der Waals surface area contributed by atoms with E-state index in [1.54, 1.807) is 6.08 Å². The van der Waals surface area contributed by atoms with Crippen molar-refractivity contribution >= 4 is 27.8 Å². The minimum absolute atomic E-state index is 0.159. The second kappa shape index (κ2) is 6.37. The van der Waals surface area contributed by atoms with Gasteiger partial charge in [0, 0.05) is 17.2 Å². The van der Waals surface area contributed by atoms with Gasteiger partial charge in [-0.15, -0.1) is 0 Å². The predicted octanol–water partition coefficient (Wildman–Crippen LogP) is 1.88. The summed E-state index contributed by atoms with van der Waals surface area (Å²) in [6.45, 7) is 0. The molecule has 1 aliphatic carbocycles. The summed E-state index contributed by atoms with van der Waals surface area (Å²) in [6, 6.07) is 4.48. The van der Waals surface area contributed by atoms with Gasteiger partial charge < -0.3 is 14.3 Å². The molecule has 0 saturated heterocycles. The maximum atomic E-state index is 12.7. The number of aryl methyl sites for hydroxylation is 1. The van der Waals surface area contributed by atoms with Gasteiger partial charge in [-0.05, 0) is 41.5 Å². The van der Waals surface area contributed by atoms with Crippen LogP contribution in [0.15, 0.2) is 30.0 Å². The molecule has 1 heterocycles. The van der Waals surface area contributed by atoms with Gasteiger partial charge in [-0.2, -0.15) is 8.42 Å². The Balaban J connectivity index is 1.92. The van der Waals surface area contributed by atoms with E-state index in [-0.39, 0.29) is 17.4 Å². The zero-order valence-corrected chi connectivity index (χ0v) is 14.8. The fourth-order valence-electron chi connectivity index (χ4n) is 2.79. The van der Waals surface area contributed by atoms with Crippen molar-refractivity contribution < 1.29 is 22.3 Å². The molecule has 136 valence electrons. The van der Waals surface area contributed by atoms with E-state index in [2.05, 4.69) is 4.98 Å². The third-order valence-electron chi connectivity index (χ3n) is 4.01. The molecule has 9 nitrogen and oxygen atoms in total. The van der Waals surface area contributed by atoms with E-state index in [1.807, 2.05) is 0 Å². The van der Waals surface area contributed by atoms with Crippen molar-refractivity contribution in [3.05, 3.63) is 57.0 Å². The Morgan fingerprint density at radius 2 is 2.08 bits per heavy atom. The molecule has 3 rings (SSSR count). The molecule has 0 radical (unpaired) electrons. The van der Waals surface area contributed by atoms with Crippen molar-refractivity contribution in [3.8, 4) is 5.75 Å². The molecule has 0 N–H and O–H groups in total. The van der Waals surface area contributed by atoms with Gasteiger partial charge in [-0.25, -0.2) is 9.55 Å². The Kier molecular flexibility index (Phi) is 4.36. The summed E-state index contributed by atoms with van der Waals surface area (Å²) in [5, 5.41) is 10.9. The lowest BCUT2D eigenvalue weighted by molar-refractivity contribution is -0.391. The van der Waals surface area contributed by atoms with Gasteiger partial charge in [0.25, 0.3) is 0 Å². The second-order valence-corrected chi connectivity index (χ2v) is 7.47. The number of nitro groups is 1. The molecule has 1 aliphatic rings. The average Bonchev–Trinajstić information content (AvgIpc) is 2.89. The largest absolute Gasteiger partial charge is 0.383 e. The minimum Gasteiger partial charge on any atom is -0.383 e. The van der Waals surface area contributed by atoms with Gasteiger partial charge in [-0.3, -0.25) is 4.79 Å². The molecule has 0 atom stereocenters. The first kappa shape index (κ1) is 17.8. The van der Waals surface area contributed by atoms with Gasteiger partial charge in [0.2, 0.25) is 5.82 Å². The molecular weight excluding hydrogens is 362 g/mol. The van der Waals surface area contributed by atoms with E-state index in [0.717, 1.165) is 12.5 Å². The number of carbonyl (C=O) groups is 1. The highest BCUT2D eigenvalue weighted by Crippen LogP contribution is 2.30. The Bertz CT molecular complexity index is 1050. The van der Waals surface area contributed by atoms with E-state index in [9.17, 15) is 23.3 Å². The zero-order valence-electron chi connectivity index (χ0n) is 14.0. The standard InChI is InChI=1S/C16H15N3O6S/c1-18-14(17-9-15(18)19(21)22)8-11-4-3-10-7-12(25-26(2,23)24)5-6-13(10)16(11)20/h5-9H,3-4H2,1-2H3. The summed E-state index contributed by atoms with van der Waals surface area (Å²) in [5.41, 5.74) is 1.63. The van der Waals surface area contributed by atoms with Gasteiger partial charge >= 0.3 is 15.9 Å². The summed E-state index contributed by atoms with van der Waals surface area (Å²) in [4.78, 5) is 27.0. The van der Waals surface area contributed by atoms with Crippen molar-refractivity contribution in [2.75, 3.05) is 6.26 Å². The number of fused-ring (bicyclic) bond motifs is 1. The van der Waals surface area contributed by atoms with Crippen LogP contribution in [0.5, 0.6) is 5.75 Å². The quantitative estimate of drug-likeness (QED) is 0.345. The summed E-state index contributed by atoms with van der Waals surface area (Å²) in [7, 11) is -2.13. The molecule has 0 bridgehead atoms. The highest BCUT2D eigenvalue weighted by atomic mass is 32.2. The molecule has 0 aliphatic heterocycles. The second-order valence-electron chi connectivity index (χ2n) is 5.90. The van der Waals surface area contributed by atoms with Crippen LogP contribution in [0.25, 0.3) is 6.08 Å². The molecule has 0 unspecified atom stereocenters. The Labute approximate surface area is 149 Å². The third kappa shape index (κ3) is 3.49. The molecule has 2 aromatic rings. The molecule has 0 fully saturated rings. The van der Waals surface area contributed by atoms with Crippen molar-refractivity contribution in [2.24, 2.45) is 7.05 Å². The summed E-state index contributed by atoms with van der Waals surface area (Å²) in [6.07, 6.45) is 4.56. The van der Waals surface area contributed by atoms with E-state index in [0.29, 0.717) is 35.4 Å². The van der Waals surface area contributed by atoms with Crippen LogP contribution >= 0.6 is 0 Å². The average molecular weight is 377 g/mol. The first-order valence-corrected chi connectivity index (χ1v) is 9.41. The van der Waals surface area contributed by atoms with Gasteiger partial charge in [0.15, 0.2) is 5.78 Å². The molecule has 1 aromatic carbocycles. The number of rotatable bonds is 4. The lowest BCUT2D eigenvalue weighted by Crippen LogP contribution is -2.15. The van der Waals surface area contributed by atoms with Crippen LogP contribution in [0.2, 0.25) is 0 Å². The van der Waals surface area contributed by atoms with Crippen molar-refractivity contribution in [1.29, 1.82) is 0 Å². The van der Waals surface area contributed by atoms with Crippen molar-refractivity contribution in [2.45, 2.75) is 12.8 Å². The summed E-state index contributed by atoms with van der Waals surface area (Å²) >= 11 is 0. The van der Waals surface area contributed by atoms with Crippen LogP contribution in [0.3, 0.4) is 0 Å². The van der Waals surface area contributed by atoms with Crippen LogP contribution in [-0.2, 0) is 23.6 Å². The van der Waals surface area contributed by atoms with Crippen LogP contribution in [0, 0.1) is 10.1 Å². The first-order chi connectivity index (χ1) is 12.2. The normalized spacial score (nSPS) is 15.8. The number of hydrogen-bond acceptors (Lipinski definition) is 7. The first-order valence-electron chi connectivity index (χ1n) is 7.59. The topological polar surface area (TPSA) is 121 Å². The lowest BCUT2D eigenvalue weighted by atomic mass is 9.86. The van der Waals surface area contributed by atoms with E-state index in [1.165, 1.54) is 29.8 Å². The molecule has 10 heteroatoms. The Morgan fingerprint density at radius 3 is 2.69 bits per heavy atom. The Hall–Kier alpha value is -3.01. The van der Waals surface area contributed by atoms with Crippen LogP contribution in [0.1, 0.15) is 28.2 Å². The Morgan fingerprint density at radius 1 is 1.35 bits per heavy atom. The third-order valence-corrected chi connectivity index (χ3v) is 4.51. The van der Waals surface area contributed by atoms with E-state index in [4.69, 9.17) is 4.18 Å². The van der Waals surface area contributed by atoms with Crippen LogP contribution in [0.4, 0.5) is 5.82 Å². The van der Waals surface area contributed by atoms with Crippen molar-refractivity contribution in [1.82, 2.24) is 9.55 Å². The molecule has 0 amide bonds. The number of imidazole rings is 1. The maximum Gasteiger partial charge on any atom is 0.342 e. The van der Waals surface area contributed by atoms with Crippen molar-refractivity contribution in [3.63, 3.8) is 0 Å². The number of benzene rings is 1. The predicted molar refractivity (Wildman–Crippen MR) is 92.4 cm³/mol. The smallest absolute Gasteiger partial charge is 0.342 e. The number of ketones is 1. The highest BCUT2D eigenvalue weighted by molar-refractivity contribution is 7.86. The van der Waals surface area contributed by atoms with Gasteiger partial charge in [0.1, 0.15) is 11.9 Å². The van der Waals surface area contributed by atoms with Gasteiger partial charge in [0.05, 0.1) is 13.3 Å². The molecular formula is C16H15N3O6S. The fourth-order valence-corrected chi connectivity index (χ4v) is 3.25. The summed E-state index contributed by atoms with van der Waals surface area (Å²) in [5.74, 6) is 0.0950. The molecule has 0 saturated carbocycles.